The van der Waals surface area contributed by atoms with E-state index in [1.807, 2.05) is 37.8 Å². The molecule has 0 aliphatic carbocycles. The van der Waals surface area contributed by atoms with Crippen molar-refractivity contribution < 1.29 is 4.79 Å². The van der Waals surface area contributed by atoms with Gasteiger partial charge in [-0.05, 0) is 19.9 Å². The molecule has 9 heteroatoms. The fourth-order valence-corrected chi connectivity index (χ4v) is 2.35. The number of nitrogens with two attached hydrogens (primary N) is 1. The summed E-state index contributed by atoms with van der Waals surface area (Å²) in [5.74, 6) is 0.491. The molecule has 0 saturated carbocycles. The Morgan fingerprint density at radius 2 is 2.13 bits per heavy atom. The molecule has 0 bridgehead atoms. The van der Waals surface area contributed by atoms with E-state index in [2.05, 4.69) is 20.3 Å². The molecule has 0 atom stereocenters. The Bertz CT molecular complexity index is 841. The van der Waals surface area contributed by atoms with Gasteiger partial charge in [-0.15, -0.1) is 5.10 Å². The van der Waals surface area contributed by atoms with Gasteiger partial charge in [0.25, 0.3) is 0 Å². The van der Waals surface area contributed by atoms with E-state index in [4.69, 9.17) is 5.73 Å². The van der Waals surface area contributed by atoms with E-state index >= 15 is 0 Å². The van der Waals surface area contributed by atoms with Crippen LogP contribution in [0.2, 0.25) is 0 Å². The molecule has 2 N–H and O–H groups in total. The van der Waals surface area contributed by atoms with E-state index in [-0.39, 0.29) is 12.5 Å². The van der Waals surface area contributed by atoms with Crippen molar-refractivity contribution in [1.29, 1.82) is 0 Å². The lowest BCUT2D eigenvalue weighted by molar-refractivity contribution is -0.117. The van der Waals surface area contributed by atoms with E-state index in [0.29, 0.717) is 11.6 Å². The number of nitrogens with zero attached hydrogens (tertiary/aromatic N) is 7. The van der Waals surface area contributed by atoms with Crippen LogP contribution in [0.5, 0.6) is 0 Å². The van der Waals surface area contributed by atoms with Crippen LogP contribution in [0.4, 0.5) is 0 Å². The van der Waals surface area contributed by atoms with Gasteiger partial charge in [0.05, 0.1) is 18.8 Å². The number of hydrogen-bond donors (Lipinski definition) is 1. The predicted octanol–water partition coefficient (Wildman–Crippen LogP) is 0.473. The first-order valence-corrected chi connectivity index (χ1v) is 7.23. The molecule has 0 saturated heterocycles. The SMILES string of the molecule is CC(C)n1nccc1-c1nc(CC(N)=O)nn1-c1cnn(C)c1. The third-order valence-electron chi connectivity index (χ3n) is 3.31. The van der Waals surface area contributed by atoms with Crippen LogP contribution in [0, 0.1) is 0 Å². The fraction of sp³-hybridized carbons (Fsp3) is 0.357. The maximum atomic E-state index is 11.2. The Balaban J connectivity index is 2.15. The maximum absolute atomic E-state index is 11.2. The first-order valence-electron chi connectivity index (χ1n) is 7.23. The zero-order chi connectivity index (χ0) is 16.6. The molecule has 0 aliphatic rings. The lowest BCUT2D eigenvalue weighted by Gasteiger charge is -2.10. The lowest BCUT2D eigenvalue weighted by Crippen LogP contribution is -2.14. The summed E-state index contributed by atoms with van der Waals surface area (Å²) >= 11 is 0. The molecule has 0 unspecified atom stereocenters. The molecule has 0 fully saturated rings. The second kappa shape index (κ2) is 5.67. The van der Waals surface area contributed by atoms with Crippen molar-refractivity contribution in [2.75, 3.05) is 0 Å². The van der Waals surface area contributed by atoms with Crippen molar-refractivity contribution >= 4 is 5.91 Å². The zero-order valence-corrected chi connectivity index (χ0v) is 13.2. The van der Waals surface area contributed by atoms with Crippen LogP contribution in [0.25, 0.3) is 17.2 Å². The van der Waals surface area contributed by atoms with Gasteiger partial charge in [-0.1, -0.05) is 0 Å². The summed E-state index contributed by atoms with van der Waals surface area (Å²) in [5.41, 5.74) is 6.83. The third-order valence-corrected chi connectivity index (χ3v) is 3.31. The van der Waals surface area contributed by atoms with E-state index in [1.165, 1.54) is 0 Å². The molecule has 0 aromatic carbocycles. The number of aromatic nitrogens is 7. The standard InChI is InChI=1S/C14H18N8O/c1-9(2)21-11(4-5-16-21)14-18-13(6-12(15)23)19-22(14)10-7-17-20(3)8-10/h4-5,7-9H,6H2,1-3H3,(H2,15,23). The van der Waals surface area contributed by atoms with Gasteiger partial charge in [0.15, 0.2) is 11.6 Å². The second-order valence-corrected chi connectivity index (χ2v) is 5.53. The highest BCUT2D eigenvalue weighted by molar-refractivity contribution is 5.75. The highest BCUT2D eigenvalue weighted by atomic mass is 16.1. The molecular weight excluding hydrogens is 296 g/mol. The molecule has 120 valence electrons. The number of aryl methyl sites for hydroxylation is 1. The Kier molecular flexibility index (Phi) is 3.68. The average Bonchev–Trinajstić information content (AvgIpc) is 3.15. The maximum Gasteiger partial charge on any atom is 0.225 e. The van der Waals surface area contributed by atoms with Gasteiger partial charge >= 0.3 is 0 Å². The monoisotopic (exact) mass is 314 g/mol. The molecule has 0 aliphatic heterocycles. The highest BCUT2D eigenvalue weighted by Gasteiger charge is 2.19. The molecule has 3 aromatic rings. The van der Waals surface area contributed by atoms with Crippen LogP contribution in [0.15, 0.2) is 24.7 Å². The van der Waals surface area contributed by atoms with Crippen molar-refractivity contribution in [2.45, 2.75) is 26.3 Å². The van der Waals surface area contributed by atoms with Crippen LogP contribution in [-0.2, 0) is 18.3 Å². The van der Waals surface area contributed by atoms with Crippen LogP contribution < -0.4 is 5.73 Å². The Labute approximate surface area is 132 Å². The van der Waals surface area contributed by atoms with Crippen LogP contribution in [0.1, 0.15) is 25.7 Å². The Morgan fingerprint density at radius 3 is 2.74 bits per heavy atom. The summed E-state index contributed by atoms with van der Waals surface area (Å²) < 4.78 is 5.18. The number of amides is 1. The first-order chi connectivity index (χ1) is 11.0. The number of primary amides is 1. The minimum atomic E-state index is -0.475. The smallest absolute Gasteiger partial charge is 0.225 e. The minimum Gasteiger partial charge on any atom is -0.369 e. The number of rotatable bonds is 5. The van der Waals surface area contributed by atoms with E-state index in [9.17, 15) is 4.79 Å². The van der Waals surface area contributed by atoms with Gasteiger partial charge in [-0.25, -0.2) is 9.67 Å². The van der Waals surface area contributed by atoms with Gasteiger partial charge in [-0.2, -0.15) is 10.2 Å². The van der Waals surface area contributed by atoms with Gasteiger partial charge in [-0.3, -0.25) is 14.2 Å². The van der Waals surface area contributed by atoms with Crippen molar-refractivity contribution in [3.63, 3.8) is 0 Å². The number of hydrogen-bond acceptors (Lipinski definition) is 5. The molecule has 0 spiro atoms. The molecule has 3 aromatic heterocycles. The highest BCUT2D eigenvalue weighted by Crippen LogP contribution is 2.23. The molecule has 1 amide bonds. The van der Waals surface area contributed by atoms with Crippen molar-refractivity contribution in [3.8, 4) is 17.2 Å². The second-order valence-electron chi connectivity index (χ2n) is 5.53. The normalized spacial score (nSPS) is 11.3. The van der Waals surface area contributed by atoms with Crippen LogP contribution in [0.3, 0.4) is 0 Å². The van der Waals surface area contributed by atoms with Gasteiger partial charge in [0, 0.05) is 19.3 Å². The fourth-order valence-electron chi connectivity index (χ4n) is 2.35. The summed E-state index contributed by atoms with van der Waals surface area (Å²) in [4.78, 5) is 15.7. The predicted molar refractivity (Wildman–Crippen MR) is 82.6 cm³/mol. The number of carbonyl (C=O) groups excluding carboxylic acids is 1. The first kappa shape index (κ1) is 14.9. The average molecular weight is 314 g/mol. The topological polar surface area (TPSA) is 109 Å². The largest absolute Gasteiger partial charge is 0.369 e. The number of carbonyl (C=O) groups is 1. The lowest BCUT2D eigenvalue weighted by atomic mass is 10.3. The summed E-state index contributed by atoms with van der Waals surface area (Å²) in [6.07, 6.45) is 5.20. The van der Waals surface area contributed by atoms with Gasteiger partial charge in [0.2, 0.25) is 5.91 Å². The van der Waals surface area contributed by atoms with Crippen molar-refractivity contribution in [3.05, 3.63) is 30.5 Å². The summed E-state index contributed by atoms with van der Waals surface area (Å²) in [7, 11) is 1.82. The molecular formula is C14H18N8O. The van der Waals surface area contributed by atoms with Gasteiger partial charge in [0.1, 0.15) is 11.4 Å². The van der Waals surface area contributed by atoms with Gasteiger partial charge < -0.3 is 5.73 Å². The molecule has 3 rings (SSSR count). The summed E-state index contributed by atoms with van der Waals surface area (Å²) in [5, 5.41) is 12.9. The summed E-state index contributed by atoms with van der Waals surface area (Å²) in [6.45, 7) is 4.07. The zero-order valence-electron chi connectivity index (χ0n) is 13.2. The van der Waals surface area contributed by atoms with E-state index in [1.54, 1.807) is 21.8 Å². The Morgan fingerprint density at radius 1 is 1.35 bits per heavy atom. The summed E-state index contributed by atoms with van der Waals surface area (Å²) in [6, 6.07) is 2.03. The quantitative estimate of drug-likeness (QED) is 0.736. The third kappa shape index (κ3) is 2.85. The minimum absolute atomic E-state index is 0.0178. The van der Waals surface area contributed by atoms with E-state index in [0.717, 1.165) is 11.4 Å². The molecule has 23 heavy (non-hydrogen) atoms. The Hall–Kier alpha value is -2.97. The molecule has 0 radical (unpaired) electrons. The molecule has 3 heterocycles. The van der Waals surface area contributed by atoms with Crippen molar-refractivity contribution in [2.24, 2.45) is 12.8 Å². The van der Waals surface area contributed by atoms with Crippen molar-refractivity contribution in [1.82, 2.24) is 34.3 Å². The molecule has 9 nitrogen and oxygen atoms in total. The van der Waals surface area contributed by atoms with Crippen LogP contribution in [-0.4, -0.2) is 40.2 Å². The van der Waals surface area contributed by atoms with E-state index < -0.39 is 5.91 Å². The van der Waals surface area contributed by atoms with Crippen LogP contribution >= 0.6 is 0 Å².